The highest BCUT2D eigenvalue weighted by molar-refractivity contribution is 5.96. The van der Waals surface area contributed by atoms with Crippen molar-refractivity contribution in [2.24, 2.45) is 0 Å². The predicted octanol–water partition coefficient (Wildman–Crippen LogP) is 1.70. The van der Waals surface area contributed by atoms with Gasteiger partial charge in [0, 0.05) is 19.0 Å². The van der Waals surface area contributed by atoms with Gasteiger partial charge in [0.1, 0.15) is 5.56 Å². The Morgan fingerprint density at radius 1 is 1.44 bits per heavy atom. The van der Waals surface area contributed by atoms with E-state index in [-0.39, 0.29) is 17.9 Å². The van der Waals surface area contributed by atoms with Crippen molar-refractivity contribution in [2.75, 3.05) is 13.1 Å². The molecule has 1 fully saturated rings. The van der Waals surface area contributed by atoms with E-state index in [0.717, 1.165) is 0 Å². The van der Waals surface area contributed by atoms with Crippen LogP contribution in [0.1, 0.15) is 54.4 Å². The molecule has 1 aliphatic heterocycles. The fourth-order valence-corrected chi connectivity index (χ4v) is 2.27. The Labute approximate surface area is 107 Å². The minimum absolute atomic E-state index is 0.0237. The number of piperidine rings is 1. The number of likely N-dealkylation sites (tertiary alicyclic amines) is 1. The molecule has 1 aromatic rings. The fraction of sp³-hybridized carbons (Fsp3) is 0.692. The van der Waals surface area contributed by atoms with E-state index in [4.69, 9.17) is 4.52 Å². The molecule has 0 saturated carbocycles. The molecule has 1 saturated heterocycles. The molecule has 0 radical (unpaired) electrons. The number of amides is 1. The van der Waals surface area contributed by atoms with Gasteiger partial charge in [0.25, 0.3) is 5.91 Å². The summed E-state index contributed by atoms with van der Waals surface area (Å²) in [7, 11) is 0. The third kappa shape index (κ3) is 2.41. The molecule has 0 bridgehead atoms. The molecule has 1 aliphatic rings. The van der Waals surface area contributed by atoms with Crippen molar-refractivity contribution < 1.29 is 14.4 Å². The Kier molecular flexibility index (Phi) is 3.71. The summed E-state index contributed by atoms with van der Waals surface area (Å²) >= 11 is 0. The Balaban J connectivity index is 2.21. The van der Waals surface area contributed by atoms with Crippen LogP contribution in [0.5, 0.6) is 0 Å². The predicted molar refractivity (Wildman–Crippen MR) is 66.5 cm³/mol. The molecule has 5 heteroatoms. The number of aliphatic hydroxyl groups is 1. The van der Waals surface area contributed by atoms with Gasteiger partial charge in [-0.3, -0.25) is 4.79 Å². The lowest BCUT2D eigenvalue weighted by molar-refractivity contribution is 0.0543. The van der Waals surface area contributed by atoms with Crippen LogP contribution in [-0.2, 0) is 0 Å². The number of rotatable bonds is 2. The van der Waals surface area contributed by atoms with Crippen molar-refractivity contribution >= 4 is 5.91 Å². The summed E-state index contributed by atoms with van der Waals surface area (Å²) in [6.45, 7) is 6.96. The molecular weight excluding hydrogens is 232 g/mol. The van der Waals surface area contributed by atoms with E-state index in [1.807, 2.05) is 13.8 Å². The normalized spacial score (nSPS) is 17.5. The van der Waals surface area contributed by atoms with Crippen molar-refractivity contribution in [1.29, 1.82) is 0 Å². The summed E-state index contributed by atoms with van der Waals surface area (Å²) in [4.78, 5) is 14.2. The monoisotopic (exact) mass is 252 g/mol. The fourth-order valence-electron chi connectivity index (χ4n) is 2.27. The second-order valence-corrected chi connectivity index (χ2v) is 5.19. The van der Waals surface area contributed by atoms with Crippen LogP contribution in [0.3, 0.4) is 0 Å². The van der Waals surface area contributed by atoms with E-state index < -0.39 is 0 Å². The number of hydrogen-bond donors (Lipinski definition) is 1. The van der Waals surface area contributed by atoms with E-state index in [9.17, 15) is 9.90 Å². The van der Waals surface area contributed by atoms with Crippen molar-refractivity contribution in [3.05, 3.63) is 17.0 Å². The van der Waals surface area contributed by atoms with Gasteiger partial charge in [-0.25, -0.2) is 0 Å². The largest absolute Gasteiger partial charge is 0.393 e. The second kappa shape index (κ2) is 5.10. The first kappa shape index (κ1) is 13.1. The maximum atomic E-state index is 12.5. The first-order valence-corrected chi connectivity index (χ1v) is 6.44. The molecule has 0 spiro atoms. The first-order valence-electron chi connectivity index (χ1n) is 6.44. The maximum Gasteiger partial charge on any atom is 0.259 e. The lowest BCUT2D eigenvalue weighted by Crippen LogP contribution is -2.40. The van der Waals surface area contributed by atoms with Crippen LogP contribution in [0.2, 0.25) is 0 Å². The van der Waals surface area contributed by atoms with E-state index in [1.165, 1.54) is 0 Å². The molecule has 1 N–H and O–H groups in total. The molecule has 1 amide bonds. The van der Waals surface area contributed by atoms with Crippen LogP contribution in [-0.4, -0.2) is 40.3 Å². The number of aromatic nitrogens is 1. The van der Waals surface area contributed by atoms with Crippen molar-refractivity contribution in [3.8, 4) is 0 Å². The maximum absolute atomic E-state index is 12.5. The van der Waals surface area contributed by atoms with E-state index in [0.29, 0.717) is 42.9 Å². The molecule has 0 unspecified atom stereocenters. The minimum atomic E-state index is -0.276. The number of hydrogen-bond acceptors (Lipinski definition) is 4. The van der Waals surface area contributed by atoms with Crippen LogP contribution < -0.4 is 0 Å². The van der Waals surface area contributed by atoms with Crippen molar-refractivity contribution in [2.45, 2.75) is 45.6 Å². The van der Waals surface area contributed by atoms with E-state index in [2.05, 4.69) is 5.16 Å². The minimum Gasteiger partial charge on any atom is -0.393 e. The molecular formula is C13H20N2O3. The zero-order valence-corrected chi connectivity index (χ0v) is 11.1. The molecule has 18 heavy (non-hydrogen) atoms. The molecule has 0 atom stereocenters. The Morgan fingerprint density at radius 2 is 2.06 bits per heavy atom. The van der Waals surface area contributed by atoms with Gasteiger partial charge in [-0.05, 0) is 19.8 Å². The molecule has 2 rings (SSSR count). The van der Waals surface area contributed by atoms with Gasteiger partial charge in [-0.2, -0.15) is 0 Å². The molecule has 0 aromatic carbocycles. The summed E-state index contributed by atoms with van der Waals surface area (Å²) in [5.74, 6) is 0.772. The third-order valence-electron chi connectivity index (χ3n) is 3.38. The number of aliphatic hydroxyl groups excluding tert-OH is 1. The summed E-state index contributed by atoms with van der Waals surface area (Å²) in [6.07, 6.45) is 1.02. The highest BCUT2D eigenvalue weighted by atomic mass is 16.5. The number of aryl methyl sites for hydroxylation is 1. The first-order chi connectivity index (χ1) is 8.50. The average molecular weight is 252 g/mol. The smallest absolute Gasteiger partial charge is 0.259 e. The van der Waals surface area contributed by atoms with Gasteiger partial charge in [0.15, 0.2) is 5.76 Å². The van der Waals surface area contributed by atoms with Crippen LogP contribution in [0.25, 0.3) is 0 Å². The van der Waals surface area contributed by atoms with Crippen LogP contribution in [0, 0.1) is 6.92 Å². The SMILES string of the molecule is Cc1noc(C(C)C)c1C(=O)N1CCC(O)CC1. The quantitative estimate of drug-likeness (QED) is 0.870. The highest BCUT2D eigenvalue weighted by Crippen LogP contribution is 2.24. The molecule has 2 heterocycles. The lowest BCUT2D eigenvalue weighted by Gasteiger charge is -2.29. The van der Waals surface area contributed by atoms with Crippen LogP contribution in [0.15, 0.2) is 4.52 Å². The van der Waals surface area contributed by atoms with Gasteiger partial charge < -0.3 is 14.5 Å². The number of carbonyl (C=O) groups is 1. The summed E-state index contributed by atoms with van der Waals surface area (Å²) in [5.41, 5.74) is 1.25. The molecule has 100 valence electrons. The highest BCUT2D eigenvalue weighted by Gasteiger charge is 2.28. The number of nitrogens with zero attached hydrogens (tertiary/aromatic N) is 2. The Bertz CT molecular complexity index is 431. The average Bonchev–Trinajstić information content (AvgIpc) is 2.71. The third-order valence-corrected chi connectivity index (χ3v) is 3.38. The van der Waals surface area contributed by atoms with Gasteiger partial charge in [0.05, 0.1) is 11.8 Å². The second-order valence-electron chi connectivity index (χ2n) is 5.19. The molecule has 1 aromatic heterocycles. The van der Waals surface area contributed by atoms with E-state index >= 15 is 0 Å². The summed E-state index contributed by atoms with van der Waals surface area (Å²) in [6, 6.07) is 0. The molecule has 5 nitrogen and oxygen atoms in total. The van der Waals surface area contributed by atoms with Gasteiger partial charge in [-0.1, -0.05) is 19.0 Å². The summed E-state index contributed by atoms with van der Waals surface area (Å²) < 4.78 is 5.24. The zero-order valence-electron chi connectivity index (χ0n) is 11.1. The number of carbonyl (C=O) groups excluding carboxylic acids is 1. The van der Waals surface area contributed by atoms with E-state index in [1.54, 1.807) is 11.8 Å². The van der Waals surface area contributed by atoms with Gasteiger partial charge in [0.2, 0.25) is 0 Å². The van der Waals surface area contributed by atoms with Crippen LogP contribution >= 0.6 is 0 Å². The zero-order chi connectivity index (χ0) is 13.3. The van der Waals surface area contributed by atoms with Crippen molar-refractivity contribution in [1.82, 2.24) is 10.1 Å². The van der Waals surface area contributed by atoms with Crippen molar-refractivity contribution in [3.63, 3.8) is 0 Å². The van der Waals surface area contributed by atoms with Gasteiger partial charge in [-0.15, -0.1) is 0 Å². The lowest BCUT2D eigenvalue weighted by atomic mass is 10.0. The topological polar surface area (TPSA) is 66.6 Å². The Hall–Kier alpha value is -1.36. The van der Waals surface area contributed by atoms with Crippen LogP contribution in [0.4, 0.5) is 0 Å². The standard InChI is InChI=1S/C13H20N2O3/c1-8(2)12-11(9(3)14-18-12)13(17)15-6-4-10(16)5-7-15/h8,10,16H,4-7H2,1-3H3. The summed E-state index contributed by atoms with van der Waals surface area (Å²) in [5, 5.41) is 13.4. The Morgan fingerprint density at radius 3 is 2.61 bits per heavy atom. The van der Waals surface area contributed by atoms with Gasteiger partial charge >= 0.3 is 0 Å². The molecule has 0 aliphatic carbocycles.